The number of nitro groups is 2. The molecule has 3 N–H and O–H groups in total. The van der Waals surface area contributed by atoms with Crippen LogP contribution in [0.2, 0.25) is 0 Å². The monoisotopic (exact) mass is 865 g/mol. The summed E-state index contributed by atoms with van der Waals surface area (Å²) in [6, 6.07) is 8.06. The van der Waals surface area contributed by atoms with Gasteiger partial charge in [0.15, 0.2) is 0 Å². The molecular formula is C39H43N7O14S. The van der Waals surface area contributed by atoms with Crippen LogP contribution in [0.5, 0.6) is 0 Å². The number of benzene rings is 2. The Bertz CT molecular complexity index is 2170. The molecule has 0 unspecified atom stereocenters. The zero-order valence-electron chi connectivity index (χ0n) is 33.0. The lowest BCUT2D eigenvalue weighted by Gasteiger charge is -2.46. The Kier molecular flexibility index (Phi) is 12.2. The number of aliphatic hydroxyl groups is 1. The zero-order valence-corrected chi connectivity index (χ0v) is 33.8. The van der Waals surface area contributed by atoms with E-state index in [1.165, 1.54) is 86.8 Å². The van der Waals surface area contributed by atoms with Gasteiger partial charge in [0.05, 0.1) is 27.9 Å². The Labute approximate surface area is 351 Å². The lowest BCUT2D eigenvalue weighted by molar-refractivity contribution is -0.385. The maximum Gasteiger partial charge on any atom is 0.410 e. The standard InChI is InChI=1S/C39H43N7O14S/c1-20-31-30(21(2)47)36(50)44(31)32(37(51)52)33(20)61-27-15-29(43(17-27)39(54)60-19-23-5-9-26(10-6-23)46(57)58)35(49)41-13-11-24(16-41)40-34(48)28-12-14-42(28)38(53)59-18-22-3-7-25(8-4-22)45(55)56/h3-10,20-21,24,27-31,47H,11-19H2,1-2H3,(H,40,48)(H,51,52)/t20-,21-,24+,27+,28+,29+,30-,31-/m1/s1. The number of aliphatic hydroxyl groups excluding tert-OH is 1. The van der Waals surface area contributed by atoms with Gasteiger partial charge in [0.2, 0.25) is 17.7 Å². The molecule has 0 spiro atoms. The Morgan fingerprint density at radius 2 is 1.44 bits per heavy atom. The number of nitrogens with one attached hydrogen (secondary N) is 1. The van der Waals surface area contributed by atoms with Crippen LogP contribution in [0.1, 0.15) is 44.2 Å². The van der Waals surface area contributed by atoms with Gasteiger partial charge >= 0.3 is 18.2 Å². The van der Waals surface area contributed by atoms with Crippen LogP contribution in [-0.2, 0) is 41.9 Å². The molecule has 61 heavy (non-hydrogen) atoms. The minimum Gasteiger partial charge on any atom is -0.477 e. The third kappa shape index (κ3) is 8.54. The van der Waals surface area contributed by atoms with Gasteiger partial charge in [-0.05, 0) is 61.6 Å². The molecule has 324 valence electrons. The van der Waals surface area contributed by atoms with Crippen LogP contribution in [0, 0.1) is 32.1 Å². The molecule has 4 saturated heterocycles. The van der Waals surface area contributed by atoms with Gasteiger partial charge in [-0.2, -0.15) is 0 Å². The summed E-state index contributed by atoms with van der Waals surface area (Å²) < 4.78 is 10.9. The summed E-state index contributed by atoms with van der Waals surface area (Å²) in [7, 11) is 0. The average molecular weight is 866 g/mol. The number of carboxylic acid groups (broad SMARTS) is 1. The topological polar surface area (TPSA) is 273 Å². The third-order valence-electron chi connectivity index (χ3n) is 11.8. The highest BCUT2D eigenvalue weighted by molar-refractivity contribution is 8.03. The molecule has 8 atom stereocenters. The van der Waals surface area contributed by atoms with E-state index in [1.54, 1.807) is 6.92 Å². The Hall–Kier alpha value is -6.29. The van der Waals surface area contributed by atoms with Gasteiger partial charge in [-0.25, -0.2) is 14.4 Å². The number of rotatable bonds is 13. The quantitative estimate of drug-likeness (QED) is 0.148. The van der Waals surface area contributed by atoms with Crippen LogP contribution in [0.4, 0.5) is 21.0 Å². The van der Waals surface area contributed by atoms with Crippen LogP contribution in [0.3, 0.4) is 0 Å². The number of β-lactam (4-membered cyclic amide) rings is 1. The molecular weight excluding hydrogens is 823 g/mol. The van der Waals surface area contributed by atoms with Gasteiger partial charge < -0.3 is 34.8 Å². The highest BCUT2D eigenvalue weighted by Gasteiger charge is 2.60. The van der Waals surface area contributed by atoms with Crippen molar-refractivity contribution >= 4 is 59.0 Å². The predicted molar refractivity (Wildman–Crippen MR) is 211 cm³/mol. The second-order valence-corrected chi connectivity index (χ2v) is 17.0. The van der Waals surface area contributed by atoms with Crippen LogP contribution < -0.4 is 5.32 Å². The molecule has 22 heteroatoms. The zero-order chi connectivity index (χ0) is 43.9. The Balaban J connectivity index is 0.994. The van der Waals surface area contributed by atoms with E-state index in [1.807, 2.05) is 0 Å². The van der Waals surface area contributed by atoms with Crippen molar-refractivity contribution in [3.05, 3.63) is 90.5 Å². The molecule has 0 saturated carbocycles. The summed E-state index contributed by atoms with van der Waals surface area (Å²) in [5, 5.41) is 44.9. The number of hydrogen-bond acceptors (Lipinski definition) is 14. The van der Waals surface area contributed by atoms with Crippen LogP contribution >= 0.6 is 11.8 Å². The molecule has 21 nitrogen and oxygen atoms in total. The SMILES string of the molecule is C[C@@H](O)[C@H]1C(=O)N2C(C(=O)O)=C(S[C@H]3C[C@@H](C(=O)N4CC[C@H](NC(=O)[C@@H]5CCN5C(=O)OCc5ccc([N+](=O)[O-])cc5)C4)N(C(=O)OCc4ccc([N+](=O)[O-])cc4)C3)[C@H](C)[C@H]12. The number of carboxylic acids is 1. The number of hydrogen-bond donors (Lipinski definition) is 3. The van der Waals surface area contributed by atoms with Crippen LogP contribution in [0.15, 0.2) is 59.1 Å². The first-order valence-electron chi connectivity index (χ1n) is 19.6. The minimum absolute atomic E-state index is 0.0203. The van der Waals surface area contributed by atoms with E-state index in [4.69, 9.17) is 9.47 Å². The van der Waals surface area contributed by atoms with Crippen LogP contribution in [-0.4, -0.2) is 137 Å². The Morgan fingerprint density at radius 1 is 0.869 bits per heavy atom. The molecule has 5 heterocycles. The second-order valence-electron chi connectivity index (χ2n) is 15.6. The van der Waals surface area contributed by atoms with E-state index < -0.39 is 93.1 Å². The number of nitro benzene ring substituents is 2. The molecule has 0 aromatic heterocycles. The number of non-ortho nitro benzene ring substituents is 2. The van der Waals surface area contributed by atoms with Crippen molar-refractivity contribution in [3.8, 4) is 0 Å². The number of likely N-dealkylation sites (tertiary alicyclic amines) is 3. The summed E-state index contributed by atoms with van der Waals surface area (Å²) in [6.45, 7) is 3.45. The lowest BCUT2D eigenvalue weighted by Crippen LogP contribution is -2.63. The van der Waals surface area contributed by atoms with Crippen molar-refractivity contribution < 1.29 is 58.3 Å². The smallest absolute Gasteiger partial charge is 0.410 e. The van der Waals surface area contributed by atoms with Gasteiger partial charge in [-0.3, -0.25) is 44.4 Å². The number of carbonyl (C=O) groups excluding carboxylic acids is 5. The maximum absolute atomic E-state index is 14.2. The molecule has 2 aromatic rings. The van der Waals surface area contributed by atoms with Gasteiger partial charge in [-0.1, -0.05) is 6.92 Å². The number of aliphatic carboxylic acids is 1. The highest BCUT2D eigenvalue weighted by atomic mass is 32.2. The van der Waals surface area contributed by atoms with Crippen LogP contribution in [0.25, 0.3) is 0 Å². The van der Waals surface area contributed by atoms with E-state index >= 15 is 0 Å². The molecule has 0 radical (unpaired) electrons. The summed E-state index contributed by atoms with van der Waals surface area (Å²) >= 11 is 1.17. The summed E-state index contributed by atoms with van der Waals surface area (Å²) in [5.41, 5.74) is 0.553. The number of fused-ring (bicyclic) bond motifs is 1. The predicted octanol–water partition coefficient (Wildman–Crippen LogP) is 2.60. The summed E-state index contributed by atoms with van der Waals surface area (Å²) in [5.74, 6) is -3.87. The van der Waals surface area contributed by atoms with E-state index in [-0.39, 0.29) is 62.9 Å². The second kappa shape index (κ2) is 17.4. The van der Waals surface area contributed by atoms with Gasteiger partial charge in [0, 0.05) is 72.6 Å². The molecule has 5 aliphatic heterocycles. The van der Waals surface area contributed by atoms with Crippen molar-refractivity contribution in [3.63, 3.8) is 0 Å². The van der Waals surface area contributed by atoms with E-state index in [2.05, 4.69) is 5.32 Å². The van der Waals surface area contributed by atoms with E-state index in [0.717, 1.165) is 0 Å². The fraction of sp³-hybridized carbons (Fsp3) is 0.487. The average Bonchev–Trinajstić information content (AvgIpc) is 3.91. The number of nitrogens with zero attached hydrogens (tertiary/aromatic N) is 6. The van der Waals surface area contributed by atoms with Crippen molar-refractivity contribution in [2.24, 2.45) is 11.8 Å². The van der Waals surface area contributed by atoms with Crippen molar-refractivity contribution in [2.75, 3.05) is 26.2 Å². The largest absolute Gasteiger partial charge is 0.477 e. The number of carbonyl (C=O) groups is 6. The van der Waals surface area contributed by atoms with Crippen molar-refractivity contribution in [1.82, 2.24) is 24.9 Å². The van der Waals surface area contributed by atoms with Gasteiger partial charge in [0.25, 0.3) is 11.4 Å². The molecule has 5 aliphatic rings. The molecule has 4 fully saturated rings. The molecule has 7 rings (SSSR count). The van der Waals surface area contributed by atoms with Gasteiger partial charge in [-0.15, -0.1) is 11.8 Å². The van der Waals surface area contributed by atoms with Gasteiger partial charge in [0.1, 0.15) is 31.0 Å². The summed E-state index contributed by atoms with van der Waals surface area (Å²) in [4.78, 5) is 106. The highest BCUT2D eigenvalue weighted by Crippen LogP contribution is 2.52. The molecule has 2 aromatic carbocycles. The first kappa shape index (κ1) is 42.8. The lowest BCUT2D eigenvalue weighted by atomic mass is 9.79. The third-order valence-corrected chi connectivity index (χ3v) is 13.3. The normalized spacial score (nSPS) is 26.0. The molecule has 0 aliphatic carbocycles. The molecule has 0 bridgehead atoms. The number of amides is 5. The maximum atomic E-state index is 14.2. The van der Waals surface area contributed by atoms with Crippen molar-refractivity contribution in [2.45, 2.75) is 81.8 Å². The molecule has 5 amide bonds. The minimum atomic E-state index is -1.31. The first-order valence-corrected chi connectivity index (χ1v) is 20.5. The fourth-order valence-corrected chi connectivity index (χ4v) is 10.0. The van der Waals surface area contributed by atoms with E-state index in [9.17, 15) is 59.2 Å². The number of ether oxygens (including phenoxy) is 2. The first-order chi connectivity index (χ1) is 29.0. The number of thioether (sulfide) groups is 1. The van der Waals surface area contributed by atoms with E-state index in [0.29, 0.717) is 28.9 Å². The summed E-state index contributed by atoms with van der Waals surface area (Å²) in [6.07, 6.45) is -1.69. The fourth-order valence-electron chi connectivity index (χ4n) is 8.53. The van der Waals surface area contributed by atoms with Crippen molar-refractivity contribution in [1.29, 1.82) is 0 Å². The Morgan fingerprint density at radius 3 is 1.95 bits per heavy atom.